The second kappa shape index (κ2) is 8.53. The van der Waals surface area contributed by atoms with Crippen LogP contribution in [0.3, 0.4) is 0 Å². The SMILES string of the molecule is CN(C)/C=C/C=C/C=C/C=C/C=O. The molecule has 0 spiro atoms. The lowest BCUT2D eigenvalue weighted by molar-refractivity contribution is -0.104. The van der Waals surface area contributed by atoms with Crippen molar-refractivity contribution in [2.45, 2.75) is 0 Å². The van der Waals surface area contributed by atoms with E-state index >= 15 is 0 Å². The van der Waals surface area contributed by atoms with Crippen LogP contribution in [0.4, 0.5) is 0 Å². The van der Waals surface area contributed by atoms with Crippen LogP contribution in [-0.4, -0.2) is 25.3 Å². The molecule has 0 atom stereocenters. The smallest absolute Gasteiger partial charge is 0.142 e. The summed E-state index contributed by atoms with van der Waals surface area (Å²) in [6.07, 6.45) is 15.3. The molecule has 0 aliphatic carbocycles. The molecular formula is C11H15NO. The second-order valence-corrected chi connectivity index (χ2v) is 2.60. The van der Waals surface area contributed by atoms with Crippen molar-refractivity contribution in [2.24, 2.45) is 0 Å². The van der Waals surface area contributed by atoms with Gasteiger partial charge in [0, 0.05) is 14.1 Å². The molecule has 0 rings (SSSR count). The van der Waals surface area contributed by atoms with Gasteiger partial charge in [-0.2, -0.15) is 0 Å². The van der Waals surface area contributed by atoms with Gasteiger partial charge in [-0.1, -0.05) is 30.4 Å². The minimum Gasteiger partial charge on any atom is -0.383 e. The normalized spacial score (nSPS) is 12.5. The Morgan fingerprint density at radius 3 is 1.69 bits per heavy atom. The Morgan fingerprint density at radius 2 is 1.23 bits per heavy atom. The van der Waals surface area contributed by atoms with Gasteiger partial charge in [0.25, 0.3) is 0 Å². The standard InChI is InChI=1S/C11H15NO/c1-12(2)10-8-6-4-3-5-7-9-11-13/h3-11H,1-2H3/b5-3+,6-4+,9-7+,10-8+. The van der Waals surface area contributed by atoms with Gasteiger partial charge in [0.1, 0.15) is 6.29 Å². The van der Waals surface area contributed by atoms with Gasteiger partial charge in [0.2, 0.25) is 0 Å². The summed E-state index contributed by atoms with van der Waals surface area (Å²) >= 11 is 0. The van der Waals surface area contributed by atoms with E-state index in [1.807, 2.05) is 49.5 Å². The van der Waals surface area contributed by atoms with Gasteiger partial charge in [-0.25, -0.2) is 0 Å². The third-order valence-electron chi connectivity index (χ3n) is 1.13. The van der Waals surface area contributed by atoms with Crippen molar-refractivity contribution in [1.29, 1.82) is 0 Å². The molecule has 0 saturated carbocycles. The number of nitrogens with zero attached hydrogens (tertiary/aromatic N) is 1. The highest BCUT2D eigenvalue weighted by molar-refractivity contribution is 5.65. The lowest BCUT2D eigenvalue weighted by atomic mass is 10.4. The Balaban J connectivity index is 3.68. The van der Waals surface area contributed by atoms with E-state index in [0.29, 0.717) is 0 Å². The fourth-order valence-corrected chi connectivity index (χ4v) is 0.588. The zero-order valence-electron chi connectivity index (χ0n) is 8.05. The molecule has 0 bridgehead atoms. The van der Waals surface area contributed by atoms with Crippen LogP contribution >= 0.6 is 0 Å². The Hall–Kier alpha value is -1.57. The molecule has 0 aliphatic heterocycles. The van der Waals surface area contributed by atoms with Crippen LogP contribution in [0.1, 0.15) is 0 Å². The van der Waals surface area contributed by atoms with Crippen LogP contribution in [0.15, 0.2) is 48.7 Å². The van der Waals surface area contributed by atoms with Gasteiger partial charge in [-0.05, 0) is 18.4 Å². The molecule has 0 amide bonds. The van der Waals surface area contributed by atoms with Crippen LogP contribution in [0.25, 0.3) is 0 Å². The average Bonchev–Trinajstić information content (AvgIpc) is 2.09. The van der Waals surface area contributed by atoms with E-state index in [1.54, 1.807) is 12.2 Å². The molecule has 0 aromatic heterocycles. The lowest BCUT2D eigenvalue weighted by Crippen LogP contribution is -1.99. The molecule has 2 heteroatoms. The van der Waals surface area contributed by atoms with Gasteiger partial charge in [0.15, 0.2) is 0 Å². The molecule has 0 heterocycles. The fraction of sp³-hybridized carbons (Fsp3) is 0.182. The highest BCUT2D eigenvalue weighted by Crippen LogP contribution is 1.82. The zero-order valence-corrected chi connectivity index (χ0v) is 8.05. The first-order valence-electron chi connectivity index (χ1n) is 4.05. The molecule has 0 fully saturated rings. The maximum absolute atomic E-state index is 9.86. The van der Waals surface area contributed by atoms with Crippen molar-refractivity contribution in [2.75, 3.05) is 14.1 Å². The Bertz CT molecular complexity index is 234. The van der Waals surface area contributed by atoms with Gasteiger partial charge >= 0.3 is 0 Å². The minimum absolute atomic E-state index is 0.750. The van der Waals surface area contributed by atoms with Crippen LogP contribution in [0, 0.1) is 0 Å². The summed E-state index contributed by atoms with van der Waals surface area (Å²) in [4.78, 5) is 11.8. The molecule has 0 aromatic rings. The minimum atomic E-state index is 0.750. The van der Waals surface area contributed by atoms with Crippen molar-refractivity contribution >= 4 is 6.29 Å². The molecule has 70 valence electrons. The number of carbonyl (C=O) groups excluding carboxylic acids is 1. The average molecular weight is 177 g/mol. The van der Waals surface area contributed by atoms with Crippen LogP contribution in [-0.2, 0) is 4.79 Å². The highest BCUT2D eigenvalue weighted by atomic mass is 16.1. The van der Waals surface area contributed by atoms with Crippen molar-refractivity contribution in [3.05, 3.63) is 48.7 Å². The van der Waals surface area contributed by atoms with E-state index in [4.69, 9.17) is 0 Å². The fourth-order valence-electron chi connectivity index (χ4n) is 0.588. The highest BCUT2D eigenvalue weighted by Gasteiger charge is 1.69. The molecule has 2 nitrogen and oxygen atoms in total. The predicted molar refractivity (Wildman–Crippen MR) is 56.3 cm³/mol. The monoisotopic (exact) mass is 177 g/mol. The van der Waals surface area contributed by atoms with E-state index in [0.717, 1.165) is 6.29 Å². The number of carbonyl (C=O) groups is 1. The van der Waals surface area contributed by atoms with Crippen molar-refractivity contribution in [3.8, 4) is 0 Å². The lowest BCUT2D eigenvalue weighted by Gasteiger charge is -2.00. The van der Waals surface area contributed by atoms with Crippen LogP contribution in [0.2, 0.25) is 0 Å². The molecule has 13 heavy (non-hydrogen) atoms. The molecular weight excluding hydrogens is 162 g/mol. The third kappa shape index (κ3) is 10.4. The number of hydrogen-bond acceptors (Lipinski definition) is 2. The Kier molecular flexibility index (Phi) is 7.50. The van der Waals surface area contributed by atoms with Crippen LogP contribution < -0.4 is 0 Å². The predicted octanol–water partition coefficient (Wildman–Crippen LogP) is 1.93. The summed E-state index contributed by atoms with van der Waals surface area (Å²) in [7, 11) is 3.93. The van der Waals surface area contributed by atoms with Gasteiger partial charge in [0.05, 0.1) is 0 Å². The summed E-state index contributed by atoms with van der Waals surface area (Å²) < 4.78 is 0. The summed E-state index contributed by atoms with van der Waals surface area (Å²) in [5, 5.41) is 0. The third-order valence-corrected chi connectivity index (χ3v) is 1.13. The molecule has 0 aromatic carbocycles. The number of allylic oxidation sites excluding steroid dienone is 7. The molecule has 0 unspecified atom stereocenters. The van der Waals surface area contributed by atoms with Gasteiger partial charge in [-0.3, -0.25) is 4.79 Å². The first kappa shape index (κ1) is 11.4. The molecule has 0 saturated heterocycles. The quantitative estimate of drug-likeness (QED) is 0.363. The maximum atomic E-state index is 9.86. The largest absolute Gasteiger partial charge is 0.383 e. The van der Waals surface area contributed by atoms with Gasteiger partial charge in [-0.15, -0.1) is 0 Å². The number of rotatable bonds is 5. The van der Waals surface area contributed by atoms with Crippen molar-refractivity contribution in [1.82, 2.24) is 4.90 Å². The topological polar surface area (TPSA) is 20.3 Å². The Morgan fingerprint density at radius 1 is 0.769 bits per heavy atom. The maximum Gasteiger partial charge on any atom is 0.142 e. The second-order valence-electron chi connectivity index (χ2n) is 2.60. The first-order chi connectivity index (χ1) is 6.27. The molecule has 0 N–H and O–H groups in total. The summed E-state index contributed by atoms with van der Waals surface area (Å²) in [6.45, 7) is 0. The van der Waals surface area contributed by atoms with E-state index < -0.39 is 0 Å². The van der Waals surface area contributed by atoms with E-state index in [-0.39, 0.29) is 0 Å². The van der Waals surface area contributed by atoms with Crippen molar-refractivity contribution < 1.29 is 4.79 Å². The molecule has 0 radical (unpaired) electrons. The molecule has 0 aliphatic rings. The van der Waals surface area contributed by atoms with E-state index in [1.165, 1.54) is 6.08 Å². The summed E-state index contributed by atoms with van der Waals surface area (Å²) in [5.41, 5.74) is 0. The number of hydrogen-bond donors (Lipinski definition) is 0. The number of aldehydes is 1. The van der Waals surface area contributed by atoms with E-state index in [9.17, 15) is 4.79 Å². The first-order valence-corrected chi connectivity index (χ1v) is 4.05. The summed E-state index contributed by atoms with van der Waals surface area (Å²) in [6, 6.07) is 0. The zero-order chi connectivity index (χ0) is 9.94. The Labute approximate surface area is 79.6 Å². The van der Waals surface area contributed by atoms with E-state index in [2.05, 4.69) is 0 Å². The van der Waals surface area contributed by atoms with Crippen LogP contribution in [0.5, 0.6) is 0 Å². The van der Waals surface area contributed by atoms with Gasteiger partial charge < -0.3 is 4.90 Å². The van der Waals surface area contributed by atoms with Crippen molar-refractivity contribution in [3.63, 3.8) is 0 Å². The summed E-state index contributed by atoms with van der Waals surface area (Å²) in [5.74, 6) is 0.